The first-order valence-corrected chi connectivity index (χ1v) is 7.52. The molecule has 2 aromatic rings. The van der Waals surface area contributed by atoms with E-state index in [1.165, 1.54) is 37.3 Å². The molecule has 0 aromatic heterocycles. The van der Waals surface area contributed by atoms with Crippen LogP contribution < -0.4 is 15.6 Å². The van der Waals surface area contributed by atoms with Crippen molar-refractivity contribution in [1.82, 2.24) is 10.9 Å². The highest BCUT2D eigenvalue weighted by molar-refractivity contribution is 6.33. The number of amides is 2. The van der Waals surface area contributed by atoms with Crippen LogP contribution in [0, 0.1) is 10.1 Å². The highest BCUT2D eigenvalue weighted by atomic mass is 35.5. The molecule has 0 saturated heterocycles. The third kappa shape index (κ3) is 4.92. The summed E-state index contributed by atoms with van der Waals surface area (Å²) >= 11 is 5.89. The third-order valence-electron chi connectivity index (χ3n) is 3.15. The Hall–Kier alpha value is -3.13. The predicted octanol–water partition coefficient (Wildman–Crippen LogP) is 2.48. The van der Waals surface area contributed by atoms with Gasteiger partial charge in [-0.1, -0.05) is 23.7 Å². The summed E-state index contributed by atoms with van der Waals surface area (Å²) in [5, 5.41) is 10.8. The number of hydrazine groups is 1. The Labute approximate surface area is 147 Å². The molecule has 8 nitrogen and oxygen atoms in total. The maximum absolute atomic E-state index is 12.0. The van der Waals surface area contributed by atoms with Gasteiger partial charge in [-0.05, 0) is 31.2 Å². The highest BCUT2D eigenvalue weighted by Gasteiger charge is 2.17. The minimum atomic E-state index is -0.937. The van der Waals surface area contributed by atoms with Crippen LogP contribution in [0.1, 0.15) is 17.3 Å². The topological polar surface area (TPSA) is 111 Å². The van der Waals surface area contributed by atoms with Crippen LogP contribution in [-0.4, -0.2) is 22.8 Å². The Bertz CT molecular complexity index is 795. The van der Waals surface area contributed by atoms with Gasteiger partial charge in [0, 0.05) is 12.1 Å². The normalized spacial score (nSPS) is 11.3. The minimum Gasteiger partial charge on any atom is -0.481 e. The zero-order valence-corrected chi connectivity index (χ0v) is 13.8. The van der Waals surface area contributed by atoms with E-state index in [1.807, 2.05) is 0 Å². The van der Waals surface area contributed by atoms with Gasteiger partial charge < -0.3 is 4.74 Å². The number of non-ortho nitro benzene ring substituents is 1. The molecule has 130 valence electrons. The summed E-state index contributed by atoms with van der Waals surface area (Å²) in [5.41, 5.74) is 4.59. The number of halogens is 1. The van der Waals surface area contributed by atoms with Crippen LogP contribution in [0.2, 0.25) is 5.02 Å². The van der Waals surface area contributed by atoms with Crippen molar-refractivity contribution < 1.29 is 19.2 Å². The standard InChI is InChI=1S/C16H14ClN3O5/c1-10(25-12-8-6-11(7-9-12)20(23)24)15(21)18-19-16(22)13-4-2-3-5-14(13)17/h2-10H,1H3,(H,18,21)(H,19,22). The second kappa shape index (κ2) is 8.11. The van der Waals surface area contributed by atoms with Crippen molar-refractivity contribution >= 4 is 29.1 Å². The van der Waals surface area contributed by atoms with Crippen LogP contribution >= 0.6 is 11.6 Å². The molecule has 0 fully saturated rings. The van der Waals surface area contributed by atoms with Crippen LogP contribution in [0.5, 0.6) is 5.75 Å². The smallest absolute Gasteiger partial charge is 0.279 e. The second-order valence-corrected chi connectivity index (χ2v) is 5.34. The molecule has 25 heavy (non-hydrogen) atoms. The van der Waals surface area contributed by atoms with Gasteiger partial charge in [-0.3, -0.25) is 30.6 Å². The van der Waals surface area contributed by atoms with Gasteiger partial charge in [0.15, 0.2) is 6.10 Å². The Kier molecular flexibility index (Phi) is 5.91. The molecule has 1 atom stereocenters. The fourth-order valence-corrected chi connectivity index (χ4v) is 2.06. The molecule has 2 rings (SSSR count). The SMILES string of the molecule is CC(Oc1ccc([N+](=O)[O-])cc1)C(=O)NNC(=O)c1ccccc1Cl. The third-order valence-corrected chi connectivity index (χ3v) is 3.48. The van der Waals surface area contributed by atoms with E-state index in [1.54, 1.807) is 18.2 Å². The number of benzene rings is 2. The Morgan fingerprint density at radius 2 is 1.76 bits per heavy atom. The quantitative estimate of drug-likeness (QED) is 0.626. The molecule has 2 N–H and O–H groups in total. The Balaban J connectivity index is 1.89. The van der Waals surface area contributed by atoms with E-state index in [2.05, 4.69) is 10.9 Å². The largest absolute Gasteiger partial charge is 0.481 e. The number of ether oxygens (including phenoxy) is 1. The summed E-state index contributed by atoms with van der Waals surface area (Å²) in [6, 6.07) is 11.7. The molecule has 0 heterocycles. The van der Waals surface area contributed by atoms with Crippen LogP contribution in [0.4, 0.5) is 5.69 Å². The number of carbonyl (C=O) groups excluding carboxylic acids is 2. The monoisotopic (exact) mass is 363 g/mol. The van der Waals surface area contributed by atoms with Crippen molar-refractivity contribution in [2.24, 2.45) is 0 Å². The van der Waals surface area contributed by atoms with Crippen molar-refractivity contribution in [3.05, 3.63) is 69.2 Å². The van der Waals surface area contributed by atoms with Gasteiger partial charge >= 0.3 is 0 Å². The van der Waals surface area contributed by atoms with E-state index >= 15 is 0 Å². The molecule has 0 bridgehead atoms. The summed E-state index contributed by atoms with van der Waals surface area (Å²) in [4.78, 5) is 33.9. The molecule has 0 aliphatic carbocycles. The lowest BCUT2D eigenvalue weighted by Gasteiger charge is -2.15. The summed E-state index contributed by atoms with van der Waals surface area (Å²) in [6.45, 7) is 1.47. The lowest BCUT2D eigenvalue weighted by atomic mass is 10.2. The maximum Gasteiger partial charge on any atom is 0.279 e. The Morgan fingerprint density at radius 1 is 1.12 bits per heavy atom. The minimum absolute atomic E-state index is 0.0866. The van der Waals surface area contributed by atoms with E-state index in [9.17, 15) is 19.7 Å². The van der Waals surface area contributed by atoms with E-state index in [-0.39, 0.29) is 22.0 Å². The number of hydrogen-bond acceptors (Lipinski definition) is 5. The first-order valence-electron chi connectivity index (χ1n) is 7.14. The number of nitrogens with one attached hydrogen (secondary N) is 2. The summed E-state index contributed by atoms with van der Waals surface area (Å²) in [7, 11) is 0. The molecule has 1 unspecified atom stereocenters. The van der Waals surface area contributed by atoms with E-state index in [0.29, 0.717) is 0 Å². The van der Waals surface area contributed by atoms with Crippen molar-refractivity contribution in [1.29, 1.82) is 0 Å². The lowest BCUT2D eigenvalue weighted by Crippen LogP contribution is -2.47. The molecular weight excluding hydrogens is 350 g/mol. The van der Waals surface area contributed by atoms with Gasteiger partial charge in [-0.2, -0.15) is 0 Å². The van der Waals surface area contributed by atoms with E-state index in [0.717, 1.165) is 0 Å². The average Bonchev–Trinajstić information content (AvgIpc) is 2.60. The number of hydrogen-bond donors (Lipinski definition) is 2. The molecule has 9 heteroatoms. The molecular formula is C16H14ClN3O5. The van der Waals surface area contributed by atoms with Crippen molar-refractivity contribution in [2.75, 3.05) is 0 Å². The molecule has 0 radical (unpaired) electrons. The van der Waals surface area contributed by atoms with E-state index < -0.39 is 22.8 Å². The summed E-state index contributed by atoms with van der Waals surface area (Å²) in [6.07, 6.45) is -0.937. The summed E-state index contributed by atoms with van der Waals surface area (Å²) in [5.74, 6) is -0.883. The van der Waals surface area contributed by atoms with Gasteiger partial charge in [-0.15, -0.1) is 0 Å². The molecule has 0 aliphatic heterocycles. The number of nitrogens with zero attached hydrogens (tertiary/aromatic N) is 1. The van der Waals surface area contributed by atoms with Gasteiger partial charge in [0.2, 0.25) is 0 Å². The number of carbonyl (C=O) groups is 2. The first-order chi connectivity index (χ1) is 11.9. The molecule has 0 spiro atoms. The molecule has 0 aliphatic rings. The zero-order chi connectivity index (χ0) is 18.4. The number of rotatable bonds is 5. The first kappa shape index (κ1) is 18.2. The predicted molar refractivity (Wildman–Crippen MR) is 90.2 cm³/mol. The van der Waals surface area contributed by atoms with Crippen molar-refractivity contribution in [3.63, 3.8) is 0 Å². The van der Waals surface area contributed by atoms with Crippen molar-refractivity contribution in [3.8, 4) is 5.75 Å². The molecule has 2 amide bonds. The average molecular weight is 364 g/mol. The fraction of sp³-hybridized carbons (Fsp3) is 0.125. The van der Waals surface area contributed by atoms with Crippen LogP contribution in [0.25, 0.3) is 0 Å². The molecule has 2 aromatic carbocycles. The van der Waals surface area contributed by atoms with Crippen LogP contribution in [0.3, 0.4) is 0 Å². The zero-order valence-electron chi connectivity index (χ0n) is 13.1. The fourth-order valence-electron chi connectivity index (χ4n) is 1.84. The Morgan fingerprint density at radius 3 is 2.36 bits per heavy atom. The number of nitro benzene ring substituents is 1. The highest BCUT2D eigenvalue weighted by Crippen LogP contribution is 2.18. The lowest BCUT2D eigenvalue weighted by molar-refractivity contribution is -0.384. The van der Waals surface area contributed by atoms with Crippen molar-refractivity contribution in [2.45, 2.75) is 13.0 Å². The van der Waals surface area contributed by atoms with Crippen LogP contribution in [-0.2, 0) is 4.79 Å². The van der Waals surface area contributed by atoms with Gasteiger partial charge in [0.25, 0.3) is 17.5 Å². The maximum atomic E-state index is 12.0. The van der Waals surface area contributed by atoms with Crippen LogP contribution in [0.15, 0.2) is 48.5 Å². The second-order valence-electron chi connectivity index (χ2n) is 4.93. The van der Waals surface area contributed by atoms with Gasteiger partial charge in [-0.25, -0.2) is 0 Å². The van der Waals surface area contributed by atoms with Gasteiger partial charge in [0.1, 0.15) is 5.75 Å². The number of nitro groups is 1. The van der Waals surface area contributed by atoms with Gasteiger partial charge in [0.05, 0.1) is 15.5 Å². The summed E-state index contributed by atoms with van der Waals surface area (Å²) < 4.78 is 5.36. The molecule has 0 saturated carbocycles. The van der Waals surface area contributed by atoms with E-state index in [4.69, 9.17) is 16.3 Å².